The third-order valence-corrected chi connectivity index (χ3v) is 5.53. The molecule has 4 N–H and O–H groups in total. The van der Waals surface area contributed by atoms with Gasteiger partial charge in [0.2, 0.25) is 0 Å². The Hall–Kier alpha value is -3.40. The van der Waals surface area contributed by atoms with Crippen molar-refractivity contribution in [1.29, 1.82) is 5.26 Å². The van der Waals surface area contributed by atoms with Gasteiger partial charge < -0.3 is 11.1 Å². The number of nitrogens with one attached hydrogen (secondary N) is 2. The van der Waals surface area contributed by atoms with Crippen molar-refractivity contribution in [3.8, 4) is 17.3 Å². The van der Waals surface area contributed by atoms with E-state index in [4.69, 9.17) is 11.0 Å². The standard InChI is InChI=1S/C22H26N6O/c1-25-20(12-23)21(13-24)26-14-17-4-2-3-5-18(17)22(29)16-8-6-15(7-9-16)19-10-11-27-28-19/h6-11,13,17-18,26H,2-5,14,24H2,1H3,(H,27,28). The van der Waals surface area contributed by atoms with Crippen molar-refractivity contribution >= 4 is 11.5 Å². The van der Waals surface area contributed by atoms with Crippen LogP contribution >= 0.6 is 0 Å². The summed E-state index contributed by atoms with van der Waals surface area (Å²) in [5.41, 5.74) is 9.08. The number of aromatic nitrogens is 2. The molecular formula is C22H26N6O. The van der Waals surface area contributed by atoms with Gasteiger partial charge in [-0.1, -0.05) is 37.1 Å². The quantitative estimate of drug-likeness (QED) is 0.496. The number of rotatable bonds is 7. The first kappa shape index (κ1) is 20.3. The van der Waals surface area contributed by atoms with E-state index >= 15 is 0 Å². The Balaban J connectivity index is 1.70. The van der Waals surface area contributed by atoms with Crippen LogP contribution in [0.15, 0.2) is 53.4 Å². The largest absolute Gasteiger partial charge is 0.403 e. The highest BCUT2D eigenvalue weighted by Crippen LogP contribution is 2.33. The molecule has 1 saturated carbocycles. The topological polar surface area (TPSA) is 120 Å². The number of nitrogens with two attached hydrogens (primary N) is 1. The first-order valence-corrected chi connectivity index (χ1v) is 9.85. The summed E-state index contributed by atoms with van der Waals surface area (Å²) >= 11 is 0. The summed E-state index contributed by atoms with van der Waals surface area (Å²) in [6.07, 6.45) is 7.07. The number of benzene rings is 1. The maximum atomic E-state index is 13.2. The zero-order chi connectivity index (χ0) is 20.6. The fraction of sp³-hybridized carbons (Fsp3) is 0.364. The number of carbonyl (C=O) groups excluding carboxylic acids is 1. The number of aliphatic imine (C=N–C) groups is 1. The van der Waals surface area contributed by atoms with Crippen LogP contribution in [0, 0.1) is 23.2 Å². The molecule has 7 heteroatoms. The normalized spacial score (nSPS) is 20.1. The predicted molar refractivity (Wildman–Crippen MR) is 113 cm³/mol. The van der Waals surface area contributed by atoms with Gasteiger partial charge >= 0.3 is 0 Å². The van der Waals surface area contributed by atoms with E-state index < -0.39 is 0 Å². The summed E-state index contributed by atoms with van der Waals surface area (Å²) in [5, 5.41) is 19.3. The van der Waals surface area contributed by atoms with Gasteiger partial charge in [0.05, 0.1) is 11.4 Å². The van der Waals surface area contributed by atoms with E-state index in [9.17, 15) is 4.79 Å². The highest BCUT2D eigenvalue weighted by atomic mass is 16.1. The molecule has 1 heterocycles. The van der Waals surface area contributed by atoms with E-state index in [-0.39, 0.29) is 23.3 Å². The molecule has 150 valence electrons. The molecule has 0 bridgehead atoms. The van der Waals surface area contributed by atoms with E-state index in [1.165, 1.54) is 6.20 Å². The molecule has 0 spiro atoms. The number of allylic oxidation sites excluding steroid dienone is 1. The van der Waals surface area contributed by atoms with Crippen LogP contribution in [0.1, 0.15) is 36.0 Å². The SMILES string of the molecule is CN=C(C#N)C(=CN)NCC1CCCCC1C(=O)c1ccc(-c2ccn[nH]2)cc1. The van der Waals surface area contributed by atoms with Crippen LogP contribution in [-0.2, 0) is 0 Å². The van der Waals surface area contributed by atoms with Crippen LogP contribution in [0.2, 0.25) is 0 Å². The molecule has 0 amide bonds. The summed E-state index contributed by atoms with van der Waals surface area (Å²) in [6, 6.07) is 11.6. The van der Waals surface area contributed by atoms with Crippen LogP contribution in [0.3, 0.4) is 0 Å². The molecule has 0 radical (unpaired) electrons. The number of Topliss-reactive ketones (excluding diaryl/α,β-unsaturated/α-hetero) is 1. The second-order valence-corrected chi connectivity index (χ2v) is 7.21. The Bertz CT molecular complexity index is 921. The molecule has 2 atom stereocenters. The van der Waals surface area contributed by atoms with Crippen LogP contribution < -0.4 is 11.1 Å². The van der Waals surface area contributed by atoms with Crippen molar-refractivity contribution in [2.24, 2.45) is 22.6 Å². The smallest absolute Gasteiger partial charge is 0.166 e. The van der Waals surface area contributed by atoms with Crippen molar-refractivity contribution in [2.45, 2.75) is 25.7 Å². The Morgan fingerprint density at radius 1 is 1.34 bits per heavy atom. The van der Waals surface area contributed by atoms with Gasteiger partial charge in [-0.2, -0.15) is 10.4 Å². The molecule has 0 aliphatic heterocycles. The second-order valence-electron chi connectivity index (χ2n) is 7.21. The fourth-order valence-electron chi connectivity index (χ4n) is 3.94. The monoisotopic (exact) mass is 390 g/mol. The van der Waals surface area contributed by atoms with Gasteiger partial charge in [0.25, 0.3) is 0 Å². The molecule has 0 saturated heterocycles. The van der Waals surface area contributed by atoms with Crippen LogP contribution in [-0.4, -0.2) is 35.3 Å². The number of H-pyrrole nitrogens is 1. The average Bonchev–Trinajstić information content (AvgIpc) is 3.31. The van der Waals surface area contributed by atoms with E-state index in [0.717, 1.165) is 42.5 Å². The van der Waals surface area contributed by atoms with Gasteiger partial charge in [-0.05, 0) is 30.4 Å². The molecule has 1 aromatic heterocycles. The summed E-state index contributed by atoms with van der Waals surface area (Å²) in [5.74, 6) is 0.322. The summed E-state index contributed by atoms with van der Waals surface area (Å²) in [4.78, 5) is 17.1. The zero-order valence-electron chi connectivity index (χ0n) is 16.6. The zero-order valence-corrected chi connectivity index (χ0v) is 16.6. The second kappa shape index (κ2) is 9.69. The Morgan fingerprint density at radius 3 is 2.72 bits per heavy atom. The van der Waals surface area contributed by atoms with Crippen LogP contribution in [0.25, 0.3) is 11.3 Å². The molecule has 2 unspecified atom stereocenters. The molecular weight excluding hydrogens is 364 g/mol. The lowest BCUT2D eigenvalue weighted by Crippen LogP contribution is -2.36. The highest BCUT2D eigenvalue weighted by molar-refractivity contribution is 6.10. The lowest BCUT2D eigenvalue weighted by Gasteiger charge is -2.31. The van der Waals surface area contributed by atoms with Crippen molar-refractivity contribution in [1.82, 2.24) is 15.5 Å². The van der Waals surface area contributed by atoms with E-state index in [1.54, 1.807) is 13.2 Å². The number of hydrogen-bond donors (Lipinski definition) is 3. The third-order valence-electron chi connectivity index (χ3n) is 5.53. The molecule has 3 rings (SSSR count). The number of hydrogen-bond acceptors (Lipinski definition) is 6. The predicted octanol–water partition coefficient (Wildman–Crippen LogP) is 3.05. The van der Waals surface area contributed by atoms with Crippen molar-refractivity contribution < 1.29 is 4.79 Å². The molecule has 1 aliphatic carbocycles. The molecule has 1 fully saturated rings. The highest BCUT2D eigenvalue weighted by Gasteiger charge is 2.31. The number of nitrogens with zero attached hydrogens (tertiary/aromatic N) is 3. The van der Waals surface area contributed by atoms with Gasteiger partial charge in [0.15, 0.2) is 11.5 Å². The number of ketones is 1. The number of nitriles is 1. The van der Waals surface area contributed by atoms with Gasteiger partial charge in [0, 0.05) is 37.5 Å². The van der Waals surface area contributed by atoms with Crippen molar-refractivity contribution in [3.05, 3.63) is 54.0 Å². The average molecular weight is 390 g/mol. The minimum absolute atomic E-state index is 0.0441. The molecule has 1 aromatic carbocycles. The molecule has 7 nitrogen and oxygen atoms in total. The van der Waals surface area contributed by atoms with Crippen molar-refractivity contribution in [3.63, 3.8) is 0 Å². The Kier molecular flexibility index (Phi) is 6.80. The summed E-state index contributed by atoms with van der Waals surface area (Å²) < 4.78 is 0. The fourth-order valence-corrected chi connectivity index (χ4v) is 3.94. The van der Waals surface area contributed by atoms with Crippen LogP contribution in [0.4, 0.5) is 0 Å². The maximum absolute atomic E-state index is 13.2. The first-order valence-electron chi connectivity index (χ1n) is 9.85. The van der Waals surface area contributed by atoms with Gasteiger partial charge in [-0.25, -0.2) is 0 Å². The van der Waals surface area contributed by atoms with E-state index in [2.05, 4.69) is 20.5 Å². The lowest BCUT2D eigenvalue weighted by atomic mass is 9.75. The van der Waals surface area contributed by atoms with Gasteiger partial charge in [-0.3, -0.25) is 14.9 Å². The van der Waals surface area contributed by atoms with Gasteiger partial charge in [-0.15, -0.1) is 0 Å². The number of carbonyl (C=O) groups is 1. The first-order chi connectivity index (χ1) is 14.2. The lowest BCUT2D eigenvalue weighted by molar-refractivity contribution is 0.0825. The molecule has 29 heavy (non-hydrogen) atoms. The summed E-state index contributed by atoms with van der Waals surface area (Å²) in [7, 11) is 1.56. The van der Waals surface area contributed by atoms with Gasteiger partial charge in [0.1, 0.15) is 6.07 Å². The minimum atomic E-state index is -0.0441. The number of aromatic amines is 1. The van der Waals surface area contributed by atoms with E-state index in [1.807, 2.05) is 36.4 Å². The van der Waals surface area contributed by atoms with E-state index in [0.29, 0.717) is 12.2 Å². The summed E-state index contributed by atoms with van der Waals surface area (Å²) in [6.45, 7) is 0.590. The third kappa shape index (κ3) is 4.72. The molecule has 2 aromatic rings. The Morgan fingerprint density at radius 2 is 2.10 bits per heavy atom. The van der Waals surface area contributed by atoms with Crippen molar-refractivity contribution in [2.75, 3.05) is 13.6 Å². The molecule has 1 aliphatic rings. The Labute approximate surface area is 170 Å². The maximum Gasteiger partial charge on any atom is 0.166 e. The van der Waals surface area contributed by atoms with Crippen LogP contribution in [0.5, 0.6) is 0 Å². The minimum Gasteiger partial charge on any atom is -0.403 e.